The highest BCUT2D eigenvalue weighted by molar-refractivity contribution is 6.30. The molecule has 7 nitrogen and oxygen atoms in total. The van der Waals surface area contributed by atoms with Gasteiger partial charge in [0.2, 0.25) is 0 Å². The molecule has 8 heteroatoms. The van der Waals surface area contributed by atoms with Crippen LogP contribution in [0.25, 0.3) is 0 Å². The number of ether oxygens (including phenoxy) is 1. The summed E-state index contributed by atoms with van der Waals surface area (Å²) in [5, 5.41) is 3.44. The van der Waals surface area contributed by atoms with Crippen molar-refractivity contribution in [1.29, 1.82) is 0 Å². The van der Waals surface area contributed by atoms with Gasteiger partial charge >= 0.3 is 12.0 Å². The Bertz CT molecular complexity index is 819. The van der Waals surface area contributed by atoms with Gasteiger partial charge in [-0.05, 0) is 23.6 Å². The van der Waals surface area contributed by atoms with Gasteiger partial charge in [-0.15, -0.1) is 0 Å². The molecule has 2 N–H and O–H groups in total. The predicted octanol–water partition coefficient (Wildman–Crippen LogP) is 2.92. The first-order chi connectivity index (χ1) is 12.9. The van der Waals surface area contributed by atoms with Crippen molar-refractivity contribution in [2.24, 2.45) is 5.92 Å². The molecule has 0 bridgehead atoms. The summed E-state index contributed by atoms with van der Waals surface area (Å²) in [5.74, 6) is -0.556. The average Bonchev–Trinajstić information content (AvgIpc) is 3.13. The Kier molecular flexibility index (Phi) is 5.70. The third-order valence-electron chi connectivity index (χ3n) is 4.77. The Morgan fingerprint density at radius 3 is 2.67 bits per heavy atom. The second kappa shape index (κ2) is 8.00. The molecule has 2 atom stereocenters. The molecule has 1 aliphatic rings. The molecule has 144 valence electrons. The van der Waals surface area contributed by atoms with Crippen LogP contribution in [0.3, 0.4) is 0 Å². The first kappa shape index (κ1) is 19.2. The maximum atomic E-state index is 13.1. The quantitative estimate of drug-likeness (QED) is 0.786. The molecule has 1 aromatic carbocycles. The monoisotopic (exact) mass is 390 g/mol. The van der Waals surface area contributed by atoms with E-state index in [9.17, 15) is 9.59 Å². The number of amides is 2. The Morgan fingerprint density at radius 2 is 2.04 bits per heavy atom. The number of aromatic nitrogens is 2. The molecule has 1 aromatic heterocycles. The first-order valence-electron chi connectivity index (χ1n) is 8.85. The number of esters is 1. The summed E-state index contributed by atoms with van der Waals surface area (Å²) in [6.45, 7) is 4.22. The maximum absolute atomic E-state index is 13.1. The van der Waals surface area contributed by atoms with Gasteiger partial charge in [-0.25, -0.2) is 14.6 Å². The van der Waals surface area contributed by atoms with E-state index in [0.717, 1.165) is 17.0 Å². The lowest BCUT2D eigenvalue weighted by atomic mass is 9.96. The highest BCUT2D eigenvalue weighted by Gasteiger charge is 2.36. The number of halogens is 1. The zero-order valence-corrected chi connectivity index (χ0v) is 16.3. The molecule has 2 amide bonds. The predicted molar refractivity (Wildman–Crippen MR) is 101 cm³/mol. The van der Waals surface area contributed by atoms with E-state index in [2.05, 4.69) is 15.3 Å². The third-order valence-corrected chi connectivity index (χ3v) is 5.02. The summed E-state index contributed by atoms with van der Waals surface area (Å²) in [5.41, 5.74) is 2.71. The zero-order chi connectivity index (χ0) is 19.6. The fourth-order valence-electron chi connectivity index (χ4n) is 3.32. The second-order valence-electron chi connectivity index (χ2n) is 6.86. The molecule has 0 unspecified atom stereocenters. The molecule has 0 aliphatic carbocycles. The molecular weight excluding hydrogens is 368 g/mol. The maximum Gasteiger partial charge on any atom is 0.328 e. The average molecular weight is 391 g/mol. The van der Waals surface area contributed by atoms with Crippen LogP contribution in [0.2, 0.25) is 5.02 Å². The molecule has 2 heterocycles. The number of rotatable bonds is 4. The molecule has 2 aromatic rings. The van der Waals surface area contributed by atoms with Gasteiger partial charge in [0.1, 0.15) is 12.1 Å². The number of carbonyl (C=O) groups is 2. The Morgan fingerprint density at radius 1 is 1.33 bits per heavy atom. The zero-order valence-electron chi connectivity index (χ0n) is 15.5. The topological polar surface area (TPSA) is 87.3 Å². The summed E-state index contributed by atoms with van der Waals surface area (Å²) < 4.78 is 4.83. The van der Waals surface area contributed by atoms with E-state index in [1.54, 1.807) is 23.4 Å². The number of H-pyrrole nitrogens is 1. The van der Waals surface area contributed by atoms with Gasteiger partial charge in [0, 0.05) is 23.7 Å². The summed E-state index contributed by atoms with van der Waals surface area (Å²) in [7, 11) is 1.32. The van der Waals surface area contributed by atoms with Crippen LogP contribution in [0, 0.1) is 5.92 Å². The molecule has 1 aliphatic heterocycles. The molecular formula is C19H23ClN4O3. The number of hydrogen-bond acceptors (Lipinski definition) is 4. The highest BCUT2D eigenvalue weighted by atomic mass is 35.5. The standard InChI is InChI=1S/C19H23ClN4O3/c1-11(2)15(18(25)27-3)23-19(26)24-9-8-14-16(22-10-21-14)17(24)12-4-6-13(20)7-5-12/h4-7,10-11,15,17H,8-9H2,1-3H3,(H,21,22)(H,23,26)/t15-,17+/m0/s1. The van der Waals surface area contributed by atoms with Gasteiger partial charge in [-0.2, -0.15) is 0 Å². The molecule has 0 spiro atoms. The first-order valence-corrected chi connectivity index (χ1v) is 9.22. The Balaban J connectivity index is 1.91. The van der Waals surface area contributed by atoms with E-state index in [1.165, 1.54) is 7.11 Å². The van der Waals surface area contributed by atoms with Crippen LogP contribution in [-0.4, -0.2) is 46.6 Å². The van der Waals surface area contributed by atoms with Crippen LogP contribution in [-0.2, 0) is 16.0 Å². The molecule has 0 saturated heterocycles. The Labute approximate surface area is 163 Å². The fraction of sp³-hybridized carbons (Fsp3) is 0.421. The number of hydrogen-bond donors (Lipinski definition) is 2. The minimum absolute atomic E-state index is 0.0962. The van der Waals surface area contributed by atoms with Crippen LogP contribution in [0.15, 0.2) is 30.6 Å². The van der Waals surface area contributed by atoms with E-state index in [4.69, 9.17) is 16.3 Å². The van der Waals surface area contributed by atoms with Crippen LogP contribution in [0.4, 0.5) is 4.79 Å². The molecule has 27 heavy (non-hydrogen) atoms. The SMILES string of the molecule is COC(=O)[C@@H](NC(=O)N1CCc2[nH]cnc2[C@H]1c1ccc(Cl)cc1)C(C)C. The van der Waals surface area contributed by atoms with Crippen LogP contribution >= 0.6 is 11.6 Å². The number of urea groups is 1. The summed E-state index contributed by atoms with van der Waals surface area (Å²) in [6, 6.07) is 5.96. The van der Waals surface area contributed by atoms with E-state index >= 15 is 0 Å². The van der Waals surface area contributed by atoms with E-state index < -0.39 is 12.0 Å². The molecule has 0 saturated carbocycles. The number of nitrogens with one attached hydrogen (secondary N) is 2. The number of nitrogens with zero attached hydrogens (tertiary/aromatic N) is 2. The van der Waals surface area contributed by atoms with Gasteiger partial charge in [0.25, 0.3) is 0 Å². The third kappa shape index (κ3) is 3.93. The van der Waals surface area contributed by atoms with Crippen molar-refractivity contribution in [3.05, 3.63) is 52.6 Å². The van der Waals surface area contributed by atoms with Crippen molar-refractivity contribution >= 4 is 23.6 Å². The van der Waals surface area contributed by atoms with E-state index in [1.807, 2.05) is 26.0 Å². The largest absolute Gasteiger partial charge is 0.467 e. The highest BCUT2D eigenvalue weighted by Crippen LogP contribution is 2.34. The lowest BCUT2D eigenvalue weighted by molar-refractivity contribution is -0.144. The van der Waals surface area contributed by atoms with Crippen molar-refractivity contribution in [2.45, 2.75) is 32.4 Å². The summed E-state index contributed by atoms with van der Waals surface area (Å²) >= 11 is 6.02. The smallest absolute Gasteiger partial charge is 0.328 e. The lowest BCUT2D eigenvalue weighted by Gasteiger charge is -2.36. The number of imidazole rings is 1. The second-order valence-corrected chi connectivity index (χ2v) is 7.29. The molecule has 0 radical (unpaired) electrons. The number of fused-ring (bicyclic) bond motifs is 1. The number of methoxy groups -OCH3 is 1. The summed E-state index contributed by atoms with van der Waals surface area (Å²) in [4.78, 5) is 34.4. The van der Waals surface area contributed by atoms with Gasteiger partial charge in [-0.1, -0.05) is 37.6 Å². The van der Waals surface area contributed by atoms with Gasteiger partial charge in [-0.3, -0.25) is 0 Å². The normalized spacial score (nSPS) is 17.4. The van der Waals surface area contributed by atoms with Gasteiger partial charge in [0.05, 0.1) is 19.1 Å². The van der Waals surface area contributed by atoms with Crippen molar-refractivity contribution in [3.63, 3.8) is 0 Å². The Hall–Kier alpha value is -2.54. The minimum atomic E-state index is -0.714. The van der Waals surface area contributed by atoms with Crippen molar-refractivity contribution in [3.8, 4) is 0 Å². The lowest BCUT2D eigenvalue weighted by Crippen LogP contribution is -2.53. The van der Waals surface area contributed by atoms with Gasteiger partial charge < -0.3 is 19.9 Å². The van der Waals surface area contributed by atoms with Crippen molar-refractivity contribution in [2.75, 3.05) is 13.7 Å². The number of carbonyl (C=O) groups excluding carboxylic acids is 2. The molecule has 3 rings (SSSR count). The van der Waals surface area contributed by atoms with Gasteiger partial charge in [0.15, 0.2) is 0 Å². The van der Waals surface area contributed by atoms with Crippen molar-refractivity contribution in [1.82, 2.24) is 20.2 Å². The fourth-order valence-corrected chi connectivity index (χ4v) is 3.44. The van der Waals surface area contributed by atoms with E-state index in [-0.39, 0.29) is 18.0 Å². The minimum Gasteiger partial charge on any atom is -0.467 e. The van der Waals surface area contributed by atoms with Crippen LogP contribution in [0.5, 0.6) is 0 Å². The van der Waals surface area contributed by atoms with Crippen LogP contribution in [0.1, 0.15) is 36.8 Å². The molecule has 0 fully saturated rings. The summed E-state index contributed by atoms with van der Waals surface area (Å²) in [6.07, 6.45) is 2.30. The number of aromatic amines is 1. The van der Waals surface area contributed by atoms with Crippen molar-refractivity contribution < 1.29 is 14.3 Å². The van der Waals surface area contributed by atoms with Crippen LogP contribution < -0.4 is 5.32 Å². The van der Waals surface area contributed by atoms with E-state index in [0.29, 0.717) is 18.0 Å². The number of benzene rings is 1.